The van der Waals surface area contributed by atoms with Crippen molar-refractivity contribution in [3.8, 4) is 22.9 Å². The van der Waals surface area contributed by atoms with E-state index < -0.39 is 0 Å². The zero-order chi connectivity index (χ0) is 23.0. The van der Waals surface area contributed by atoms with Crippen LogP contribution < -0.4 is 20.7 Å². The molecule has 4 aromatic rings. The average Bonchev–Trinajstić information content (AvgIpc) is 2.85. The SMILES string of the molecule is CCc1cccc(NC(=O)Nc2ccc(Oc3ncccc3-c3ccnc(NC)n3)cc2)c1. The van der Waals surface area contributed by atoms with E-state index in [-0.39, 0.29) is 6.03 Å². The van der Waals surface area contributed by atoms with Crippen LogP contribution in [0.15, 0.2) is 79.1 Å². The Balaban J connectivity index is 1.43. The third-order valence-corrected chi connectivity index (χ3v) is 4.85. The van der Waals surface area contributed by atoms with E-state index in [4.69, 9.17) is 4.74 Å². The Labute approximate surface area is 192 Å². The number of rotatable bonds is 7. The number of pyridine rings is 1. The standard InChI is InChI=1S/C25H24N6O2/c1-3-17-6-4-7-19(16-17)30-25(32)29-18-9-11-20(12-10-18)33-23-21(8-5-14-27-23)22-13-15-28-24(26-2)31-22/h4-16H,3H2,1-2H3,(H,26,28,31)(H2,29,30,32). The zero-order valence-electron chi connectivity index (χ0n) is 18.4. The second kappa shape index (κ2) is 10.2. The molecule has 0 aliphatic rings. The number of urea groups is 1. The molecule has 3 N–H and O–H groups in total. The highest BCUT2D eigenvalue weighted by molar-refractivity contribution is 5.99. The molecule has 0 unspecified atom stereocenters. The summed E-state index contributed by atoms with van der Waals surface area (Å²) in [5.74, 6) is 1.52. The second-order valence-electron chi connectivity index (χ2n) is 7.13. The molecule has 4 rings (SSSR count). The van der Waals surface area contributed by atoms with Crippen molar-refractivity contribution in [2.75, 3.05) is 23.0 Å². The molecule has 0 saturated carbocycles. The van der Waals surface area contributed by atoms with Gasteiger partial charge in [0.05, 0.1) is 11.3 Å². The van der Waals surface area contributed by atoms with Gasteiger partial charge < -0.3 is 20.7 Å². The molecular weight excluding hydrogens is 416 g/mol. The van der Waals surface area contributed by atoms with Gasteiger partial charge in [-0.15, -0.1) is 0 Å². The summed E-state index contributed by atoms with van der Waals surface area (Å²) in [6.45, 7) is 2.07. The number of amides is 2. The minimum atomic E-state index is -0.312. The van der Waals surface area contributed by atoms with Gasteiger partial charge in [0.1, 0.15) is 5.75 Å². The maximum absolute atomic E-state index is 12.3. The largest absolute Gasteiger partial charge is 0.438 e. The number of aromatic nitrogens is 3. The molecule has 0 saturated heterocycles. The molecule has 8 heteroatoms. The zero-order valence-corrected chi connectivity index (χ0v) is 18.4. The lowest BCUT2D eigenvalue weighted by atomic mass is 10.1. The smallest absolute Gasteiger partial charge is 0.323 e. The summed E-state index contributed by atoms with van der Waals surface area (Å²) >= 11 is 0. The second-order valence-corrected chi connectivity index (χ2v) is 7.13. The molecule has 2 aromatic carbocycles. The molecule has 33 heavy (non-hydrogen) atoms. The minimum absolute atomic E-state index is 0.312. The highest BCUT2D eigenvalue weighted by atomic mass is 16.5. The minimum Gasteiger partial charge on any atom is -0.438 e. The van der Waals surface area contributed by atoms with Crippen molar-refractivity contribution < 1.29 is 9.53 Å². The summed E-state index contributed by atoms with van der Waals surface area (Å²) < 4.78 is 6.00. The Morgan fingerprint density at radius 2 is 1.73 bits per heavy atom. The first-order chi connectivity index (χ1) is 16.1. The van der Waals surface area contributed by atoms with Gasteiger partial charge in [0.25, 0.3) is 0 Å². The van der Waals surface area contributed by atoms with Crippen molar-refractivity contribution in [3.63, 3.8) is 0 Å². The third-order valence-electron chi connectivity index (χ3n) is 4.85. The molecule has 2 amide bonds. The van der Waals surface area contributed by atoms with Crippen LogP contribution in [-0.2, 0) is 6.42 Å². The molecule has 0 aliphatic heterocycles. The molecule has 2 heterocycles. The van der Waals surface area contributed by atoms with E-state index in [1.807, 2.05) is 36.4 Å². The van der Waals surface area contributed by atoms with Crippen LogP contribution in [-0.4, -0.2) is 28.0 Å². The first-order valence-corrected chi connectivity index (χ1v) is 10.6. The van der Waals surface area contributed by atoms with Crippen LogP contribution in [0.3, 0.4) is 0 Å². The lowest BCUT2D eigenvalue weighted by Gasteiger charge is -2.11. The van der Waals surface area contributed by atoms with E-state index in [0.29, 0.717) is 29.0 Å². The Kier molecular flexibility index (Phi) is 6.75. The maximum atomic E-state index is 12.3. The summed E-state index contributed by atoms with van der Waals surface area (Å²) in [4.78, 5) is 25.3. The van der Waals surface area contributed by atoms with Crippen LogP contribution in [0, 0.1) is 0 Å². The van der Waals surface area contributed by atoms with E-state index in [0.717, 1.165) is 23.2 Å². The Morgan fingerprint density at radius 1 is 0.909 bits per heavy atom. The number of hydrogen-bond donors (Lipinski definition) is 3. The van der Waals surface area contributed by atoms with Gasteiger partial charge in [-0.05, 0) is 66.6 Å². The third kappa shape index (κ3) is 5.62. The predicted molar refractivity (Wildman–Crippen MR) is 130 cm³/mol. The van der Waals surface area contributed by atoms with Crippen LogP contribution in [0.5, 0.6) is 11.6 Å². The summed E-state index contributed by atoms with van der Waals surface area (Å²) in [5, 5.41) is 8.60. The summed E-state index contributed by atoms with van der Waals surface area (Å²) in [7, 11) is 1.76. The Morgan fingerprint density at radius 3 is 2.52 bits per heavy atom. The molecule has 166 valence electrons. The van der Waals surface area contributed by atoms with Gasteiger partial charge >= 0.3 is 6.03 Å². The van der Waals surface area contributed by atoms with Gasteiger partial charge in [-0.25, -0.2) is 19.7 Å². The molecule has 0 spiro atoms. The fraction of sp³-hybridized carbons (Fsp3) is 0.120. The molecular formula is C25H24N6O2. The summed E-state index contributed by atoms with van der Waals surface area (Å²) in [6.07, 6.45) is 4.24. The van der Waals surface area contributed by atoms with Gasteiger partial charge in [0, 0.05) is 30.8 Å². The van der Waals surface area contributed by atoms with Gasteiger partial charge in [0.15, 0.2) is 0 Å². The summed E-state index contributed by atoms with van der Waals surface area (Å²) in [5.41, 5.74) is 3.99. The molecule has 0 bridgehead atoms. The van der Waals surface area contributed by atoms with Crippen LogP contribution in [0.2, 0.25) is 0 Å². The monoisotopic (exact) mass is 440 g/mol. The van der Waals surface area contributed by atoms with E-state index in [1.165, 1.54) is 0 Å². The number of ether oxygens (including phenoxy) is 1. The van der Waals surface area contributed by atoms with Crippen LogP contribution in [0.25, 0.3) is 11.3 Å². The highest BCUT2D eigenvalue weighted by Crippen LogP contribution is 2.30. The number of benzene rings is 2. The van der Waals surface area contributed by atoms with Crippen molar-refractivity contribution in [2.45, 2.75) is 13.3 Å². The van der Waals surface area contributed by atoms with E-state index >= 15 is 0 Å². The van der Waals surface area contributed by atoms with E-state index in [2.05, 4.69) is 37.8 Å². The fourth-order valence-corrected chi connectivity index (χ4v) is 3.18. The number of nitrogens with one attached hydrogen (secondary N) is 3. The first kappa shape index (κ1) is 21.8. The molecule has 0 atom stereocenters. The van der Waals surface area contributed by atoms with Crippen molar-refractivity contribution in [3.05, 3.63) is 84.7 Å². The van der Waals surface area contributed by atoms with Gasteiger partial charge in [-0.2, -0.15) is 0 Å². The van der Waals surface area contributed by atoms with Gasteiger partial charge in [-0.1, -0.05) is 19.1 Å². The number of anilines is 3. The van der Waals surface area contributed by atoms with Gasteiger partial charge in [0.2, 0.25) is 11.8 Å². The number of carbonyl (C=O) groups is 1. The number of nitrogens with zero attached hydrogens (tertiary/aromatic N) is 3. The van der Waals surface area contributed by atoms with Crippen LogP contribution >= 0.6 is 0 Å². The fourth-order valence-electron chi connectivity index (χ4n) is 3.18. The Bertz CT molecular complexity index is 1240. The number of aryl methyl sites for hydroxylation is 1. The average molecular weight is 441 g/mol. The first-order valence-electron chi connectivity index (χ1n) is 10.6. The molecule has 0 aliphatic carbocycles. The van der Waals surface area contributed by atoms with Gasteiger partial charge in [-0.3, -0.25) is 0 Å². The van der Waals surface area contributed by atoms with Crippen molar-refractivity contribution in [1.29, 1.82) is 0 Å². The quantitative estimate of drug-likeness (QED) is 0.347. The predicted octanol–water partition coefficient (Wildman–Crippen LogP) is 5.58. The highest BCUT2D eigenvalue weighted by Gasteiger charge is 2.11. The van der Waals surface area contributed by atoms with Crippen molar-refractivity contribution in [2.24, 2.45) is 0 Å². The normalized spacial score (nSPS) is 10.4. The number of carbonyl (C=O) groups excluding carboxylic acids is 1. The molecule has 2 aromatic heterocycles. The van der Waals surface area contributed by atoms with Crippen molar-refractivity contribution >= 4 is 23.4 Å². The lowest BCUT2D eigenvalue weighted by Crippen LogP contribution is -2.19. The molecule has 0 radical (unpaired) electrons. The molecule has 8 nitrogen and oxygen atoms in total. The molecule has 0 fully saturated rings. The topological polar surface area (TPSA) is 101 Å². The maximum Gasteiger partial charge on any atom is 0.323 e. The van der Waals surface area contributed by atoms with Crippen molar-refractivity contribution in [1.82, 2.24) is 15.0 Å². The summed E-state index contributed by atoms with van der Waals surface area (Å²) in [6, 6.07) is 20.0. The van der Waals surface area contributed by atoms with E-state index in [9.17, 15) is 4.79 Å². The van der Waals surface area contributed by atoms with Crippen LogP contribution in [0.1, 0.15) is 12.5 Å². The lowest BCUT2D eigenvalue weighted by molar-refractivity contribution is 0.262. The number of hydrogen-bond acceptors (Lipinski definition) is 6. The van der Waals surface area contributed by atoms with Crippen LogP contribution in [0.4, 0.5) is 22.1 Å². The van der Waals surface area contributed by atoms with E-state index in [1.54, 1.807) is 49.8 Å². The Hall–Kier alpha value is -4.46.